The Labute approximate surface area is 109 Å². The van der Waals surface area contributed by atoms with Crippen molar-refractivity contribution in [1.82, 2.24) is 5.32 Å². The zero-order valence-corrected chi connectivity index (χ0v) is 11.5. The van der Waals surface area contributed by atoms with Crippen molar-refractivity contribution in [2.75, 3.05) is 6.54 Å². The summed E-state index contributed by atoms with van der Waals surface area (Å²) in [6.07, 6.45) is 0.156. The van der Waals surface area contributed by atoms with Crippen molar-refractivity contribution < 1.29 is 9.53 Å². The largest absolute Gasteiger partial charge is 0.491 e. The minimum absolute atomic E-state index is 0.0118. The predicted octanol–water partition coefficient (Wildman–Crippen LogP) is 1.92. The monoisotopic (exact) mass is 250 g/mol. The van der Waals surface area contributed by atoms with Crippen LogP contribution < -0.4 is 15.8 Å². The molecular formula is C14H22N2O2. The van der Waals surface area contributed by atoms with Gasteiger partial charge in [-0.05, 0) is 44.9 Å². The Morgan fingerprint density at radius 1 is 1.39 bits per heavy atom. The number of aryl methyl sites for hydroxylation is 1. The van der Waals surface area contributed by atoms with E-state index in [1.165, 1.54) is 0 Å². The summed E-state index contributed by atoms with van der Waals surface area (Å²) in [7, 11) is 0. The third-order valence-electron chi connectivity index (χ3n) is 2.62. The van der Waals surface area contributed by atoms with Gasteiger partial charge in [0.15, 0.2) is 0 Å². The second-order valence-electron chi connectivity index (χ2n) is 4.68. The van der Waals surface area contributed by atoms with Crippen molar-refractivity contribution in [2.45, 2.75) is 39.8 Å². The maximum atomic E-state index is 11.2. The lowest BCUT2D eigenvalue weighted by Crippen LogP contribution is -2.32. The molecule has 0 heterocycles. The van der Waals surface area contributed by atoms with Crippen LogP contribution in [-0.2, 0) is 4.79 Å². The number of carbonyl (C=O) groups is 1. The first kappa shape index (κ1) is 14.5. The van der Waals surface area contributed by atoms with Gasteiger partial charge in [-0.1, -0.05) is 12.1 Å². The second-order valence-corrected chi connectivity index (χ2v) is 4.68. The molecule has 1 unspecified atom stereocenters. The lowest BCUT2D eigenvalue weighted by Gasteiger charge is -2.17. The number of hydrogen-bond donors (Lipinski definition) is 2. The van der Waals surface area contributed by atoms with Crippen LogP contribution in [0.2, 0.25) is 0 Å². The van der Waals surface area contributed by atoms with Gasteiger partial charge in [0.1, 0.15) is 5.75 Å². The van der Waals surface area contributed by atoms with E-state index in [1.807, 2.05) is 45.9 Å². The Bertz CT molecular complexity index is 416. The second kappa shape index (κ2) is 6.40. The molecule has 0 aromatic heterocycles. The number of amides is 1. The molecular weight excluding hydrogens is 228 g/mol. The summed E-state index contributed by atoms with van der Waals surface area (Å²) in [6.45, 7) is 7.94. The van der Waals surface area contributed by atoms with E-state index in [0.29, 0.717) is 0 Å². The van der Waals surface area contributed by atoms with Gasteiger partial charge in [-0.25, -0.2) is 0 Å². The quantitative estimate of drug-likeness (QED) is 0.839. The summed E-state index contributed by atoms with van der Waals surface area (Å²) in [6, 6.07) is 5.88. The highest BCUT2D eigenvalue weighted by atomic mass is 16.5. The number of hydrogen-bond acceptors (Lipinski definition) is 3. The third kappa shape index (κ3) is 4.04. The van der Waals surface area contributed by atoms with Crippen LogP contribution >= 0.6 is 0 Å². The van der Waals surface area contributed by atoms with Gasteiger partial charge in [-0.2, -0.15) is 0 Å². The summed E-state index contributed by atoms with van der Waals surface area (Å²) in [4.78, 5) is 11.2. The van der Waals surface area contributed by atoms with Crippen molar-refractivity contribution in [3.05, 3.63) is 29.3 Å². The molecule has 0 saturated carbocycles. The lowest BCUT2D eigenvalue weighted by atomic mass is 10.0. The predicted molar refractivity (Wildman–Crippen MR) is 72.6 cm³/mol. The maximum Gasteiger partial charge on any atom is 0.234 e. The molecule has 3 N–H and O–H groups in total. The van der Waals surface area contributed by atoms with E-state index in [0.717, 1.165) is 16.9 Å². The molecule has 0 aliphatic rings. The van der Waals surface area contributed by atoms with E-state index >= 15 is 0 Å². The molecule has 4 heteroatoms. The molecule has 0 aliphatic carbocycles. The van der Waals surface area contributed by atoms with E-state index in [1.54, 1.807) is 0 Å². The average Bonchev–Trinajstić information content (AvgIpc) is 2.30. The average molecular weight is 250 g/mol. The first-order chi connectivity index (χ1) is 8.43. The van der Waals surface area contributed by atoms with Crippen molar-refractivity contribution >= 4 is 5.91 Å². The number of carbonyl (C=O) groups excluding carboxylic acids is 1. The molecule has 100 valence electrons. The fraction of sp³-hybridized carbons (Fsp3) is 0.500. The van der Waals surface area contributed by atoms with Crippen LogP contribution in [-0.4, -0.2) is 18.6 Å². The standard InChI is InChI=1S/C14H22N2O2/c1-9(2)18-13-6-5-12(7-10(13)3)11(4)16-14(17)8-15/h5-7,9,11H,8,15H2,1-4H3,(H,16,17). The fourth-order valence-corrected chi connectivity index (χ4v) is 1.71. The Balaban J connectivity index is 2.80. The smallest absolute Gasteiger partial charge is 0.234 e. The van der Waals surface area contributed by atoms with Gasteiger partial charge >= 0.3 is 0 Å². The molecule has 0 aliphatic heterocycles. The molecule has 1 rings (SSSR count). The van der Waals surface area contributed by atoms with Crippen LogP contribution in [0, 0.1) is 6.92 Å². The third-order valence-corrected chi connectivity index (χ3v) is 2.62. The van der Waals surface area contributed by atoms with Crippen LogP contribution in [0.15, 0.2) is 18.2 Å². The topological polar surface area (TPSA) is 64.4 Å². The summed E-state index contributed by atoms with van der Waals surface area (Å²) >= 11 is 0. The van der Waals surface area contributed by atoms with Gasteiger partial charge in [0.25, 0.3) is 0 Å². The van der Waals surface area contributed by atoms with Crippen LogP contribution in [0.5, 0.6) is 5.75 Å². The van der Waals surface area contributed by atoms with Gasteiger partial charge in [-0.15, -0.1) is 0 Å². The molecule has 0 spiro atoms. The minimum atomic E-state index is -0.150. The van der Waals surface area contributed by atoms with Crippen LogP contribution in [0.25, 0.3) is 0 Å². The highest BCUT2D eigenvalue weighted by molar-refractivity contribution is 5.78. The van der Waals surface area contributed by atoms with Gasteiger partial charge in [-0.3, -0.25) is 4.79 Å². The van der Waals surface area contributed by atoms with E-state index in [2.05, 4.69) is 5.32 Å². The van der Waals surface area contributed by atoms with E-state index < -0.39 is 0 Å². The van der Waals surface area contributed by atoms with Gasteiger partial charge in [0.05, 0.1) is 18.7 Å². The molecule has 1 amide bonds. The van der Waals surface area contributed by atoms with E-state index in [9.17, 15) is 4.79 Å². The maximum absolute atomic E-state index is 11.2. The molecule has 0 saturated heterocycles. The van der Waals surface area contributed by atoms with Crippen molar-refractivity contribution in [1.29, 1.82) is 0 Å². The zero-order chi connectivity index (χ0) is 13.7. The van der Waals surface area contributed by atoms with Crippen LogP contribution in [0.3, 0.4) is 0 Å². The van der Waals surface area contributed by atoms with Crippen LogP contribution in [0.4, 0.5) is 0 Å². The lowest BCUT2D eigenvalue weighted by molar-refractivity contribution is -0.120. The summed E-state index contributed by atoms with van der Waals surface area (Å²) in [5, 5.41) is 2.83. The number of nitrogens with one attached hydrogen (secondary N) is 1. The Kier molecular flexibility index (Phi) is 5.16. The Morgan fingerprint density at radius 2 is 2.06 bits per heavy atom. The van der Waals surface area contributed by atoms with E-state index in [-0.39, 0.29) is 24.6 Å². The zero-order valence-electron chi connectivity index (χ0n) is 11.5. The van der Waals surface area contributed by atoms with Gasteiger partial charge in [0.2, 0.25) is 5.91 Å². The minimum Gasteiger partial charge on any atom is -0.491 e. The summed E-state index contributed by atoms with van der Waals surface area (Å²) in [5.74, 6) is 0.730. The first-order valence-corrected chi connectivity index (χ1v) is 6.20. The number of benzene rings is 1. The normalized spacial score (nSPS) is 12.3. The number of ether oxygens (including phenoxy) is 1. The van der Waals surface area contributed by atoms with Gasteiger partial charge < -0.3 is 15.8 Å². The molecule has 0 fully saturated rings. The SMILES string of the molecule is Cc1cc(C(C)NC(=O)CN)ccc1OC(C)C. The fourth-order valence-electron chi connectivity index (χ4n) is 1.71. The van der Waals surface area contributed by atoms with Crippen molar-refractivity contribution in [2.24, 2.45) is 5.73 Å². The molecule has 0 radical (unpaired) electrons. The molecule has 1 atom stereocenters. The number of rotatable bonds is 5. The first-order valence-electron chi connectivity index (χ1n) is 6.20. The van der Waals surface area contributed by atoms with E-state index in [4.69, 9.17) is 10.5 Å². The van der Waals surface area contributed by atoms with Crippen molar-refractivity contribution in [3.63, 3.8) is 0 Å². The summed E-state index contributed by atoms with van der Waals surface area (Å²) < 4.78 is 5.67. The molecule has 18 heavy (non-hydrogen) atoms. The highest BCUT2D eigenvalue weighted by Gasteiger charge is 2.10. The molecule has 0 bridgehead atoms. The summed E-state index contributed by atoms with van der Waals surface area (Å²) in [5.41, 5.74) is 7.39. The highest BCUT2D eigenvalue weighted by Crippen LogP contribution is 2.23. The van der Waals surface area contributed by atoms with Gasteiger partial charge in [0, 0.05) is 0 Å². The Hall–Kier alpha value is -1.55. The van der Waals surface area contributed by atoms with Crippen LogP contribution in [0.1, 0.15) is 37.9 Å². The molecule has 1 aromatic rings. The Morgan fingerprint density at radius 3 is 2.56 bits per heavy atom. The van der Waals surface area contributed by atoms with Crippen molar-refractivity contribution in [3.8, 4) is 5.75 Å². The molecule has 4 nitrogen and oxygen atoms in total. The molecule has 1 aromatic carbocycles. The number of nitrogens with two attached hydrogens (primary N) is 1.